The molecule has 35 heavy (non-hydrogen) atoms. The summed E-state index contributed by atoms with van der Waals surface area (Å²) >= 11 is 6.21. The van der Waals surface area contributed by atoms with E-state index in [1.54, 1.807) is 25.4 Å². The highest BCUT2D eigenvalue weighted by atomic mass is 35.5. The summed E-state index contributed by atoms with van der Waals surface area (Å²) in [7, 11) is 0. The molecule has 0 bridgehead atoms. The van der Waals surface area contributed by atoms with Gasteiger partial charge in [-0.3, -0.25) is 9.69 Å². The summed E-state index contributed by atoms with van der Waals surface area (Å²) < 4.78 is 22.6. The van der Waals surface area contributed by atoms with E-state index < -0.39 is 11.0 Å². The number of ether oxygens (including phenoxy) is 1. The number of piperidine rings is 1. The van der Waals surface area contributed by atoms with Crippen molar-refractivity contribution in [2.24, 2.45) is 0 Å². The van der Waals surface area contributed by atoms with E-state index in [2.05, 4.69) is 15.2 Å². The number of anilines is 1. The van der Waals surface area contributed by atoms with Gasteiger partial charge in [0.1, 0.15) is 17.9 Å². The average Bonchev–Trinajstić information content (AvgIpc) is 3.33. The lowest BCUT2D eigenvalue weighted by Gasteiger charge is -2.41. The standard InChI is InChI=1S/C26H28ClFN4O3/c1-25(34)13-17(14-25)32-15-29-22-12-18(11-20(28)23(22)32)35-9-8-31-6-4-26(5-7-31)19-10-16(27)2-3-21(19)30-24(26)33/h2-3,10-12,15,17,34H,4-9,13-14H2,1H3,(H,30,33)/t17-,25+. The van der Waals surface area contributed by atoms with Crippen molar-refractivity contribution in [1.29, 1.82) is 0 Å². The smallest absolute Gasteiger partial charge is 0.235 e. The maximum Gasteiger partial charge on any atom is 0.235 e. The summed E-state index contributed by atoms with van der Waals surface area (Å²) in [5.74, 6) is 0.138. The molecular weight excluding hydrogens is 471 g/mol. The van der Waals surface area contributed by atoms with Gasteiger partial charge in [-0.15, -0.1) is 0 Å². The number of hydrogen-bond donors (Lipinski definition) is 2. The number of carbonyl (C=O) groups is 1. The number of amides is 1. The Balaban J connectivity index is 1.07. The normalized spacial score (nSPS) is 25.5. The quantitative estimate of drug-likeness (QED) is 0.549. The van der Waals surface area contributed by atoms with Crippen LogP contribution in [-0.4, -0.2) is 57.3 Å². The fourth-order valence-corrected chi connectivity index (χ4v) is 6.11. The first kappa shape index (κ1) is 22.8. The largest absolute Gasteiger partial charge is 0.492 e. The van der Waals surface area contributed by atoms with Gasteiger partial charge < -0.3 is 19.7 Å². The number of benzene rings is 2. The SMILES string of the molecule is C[C@]1(O)C[C@@H](n2cnc3cc(OCCN4CCC5(CC4)C(=O)Nc4ccc(Cl)cc45)cc(F)c32)C1. The molecule has 2 aliphatic heterocycles. The van der Waals surface area contributed by atoms with E-state index in [9.17, 15) is 14.3 Å². The molecule has 1 amide bonds. The summed E-state index contributed by atoms with van der Waals surface area (Å²) in [6, 6.07) is 8.82. The van der Waals surface area contributed by atoms with Crippen LogP contribution in [0.25, 0.3) is 11.0 Å². The zero-order valence-corrected chi connectivity index (χ0v) is 20.3. The van der Waals surface area contributed by atoms with Crippen LogP contribution in [0, 0.1) is 5.82 Å². The van der Waals surface area contributed by atoms with E-state index in [0.29, 0.717) is 47.8 Å². The minimum atomic E-state index is -0.688. The molecule has 1 spiro atoms. The highest BCUT2D eigenvalue weighted by molar-refractivity contribution is 6.31. The van der Waals surface area contributed by atoms with Crippen molar-refractivity contribution in [3.63, 3.8) is 0 Å². The Hall–Kier alpha value is -2.68. The van der Waals surface area contributed by atoms with E-state index in [-0.39, 0.29) is 17.8 Å². The second-order valence-electron chi connectivity index (χ2n) is 10.4. The van der Waals surface area contributed by atoms with E-state index in [1.165, 1.54) is 6.07 Å². The Bertz CT molecular complexity index is 1310. The first-order valence-corrected chi connectivity index (χ1v) is 12.5. The van der Waals surface area contributed by atoms with Gasteiger partial charge in [0.25, 0.3) is 0 Å². The highest BCUT2D eigenvalue weighted by Crippen LogP contribution is 2.46. The Morgan fingerprint density at radius 1 is 1.26 bits per heavy atom. The topological polar surface area (TPSA) is 79.6 Å². The highest BCUT2D eigenvalue weighted by Gasteiger charge is 2.48. The molecular formula is C26H28ClFN4O3. The number of likely N-dealkylation sites (tertiary alicyclic amines) is 1. The van der Waals surface area contributed by atoms with E-state index in [0.717, 1.165) is 37.2 Å². The lowest BCUT2D eigenvalue weighted by atomic mass is 9.73. The van der Waals surface area contributed by atoms with Crippen LogP contribution >= 0.6 is 11.6 Å². The zero-order chi connectivity index (χ0) is 24.4. The predicted molar refractivity (Wildman–Crippen MR) is 132 cm³/mol. The molecule has 1 saturated heterocycles. The van der Waals surface area contributed by atoms with Crippen LogP contribution in [0.4, 0.5) is 10.1 Å². The summed E-state index contributed by atoms with van der Waals surface area (Å²) in [4.78, 5) is 19.4. The van der Waals surface area contributed by atoms with Crippen molar-refractivity contribution in [2.75, 3.05) is 31.6 Å². The van der Waals surface area contributed by atoms with Gasteiger partial charge in [0, 0.05) is 35.4 Å². The number of nitrogens with zero attached hydrogens (tertiary/aromatic N) is 3. The molecule has 3 heterocycles. The second-order valence-corrected chi connectivity index (χ2v) is 10.8. The second kappa shape index (κ2) is 8.18. The molecule has 7 nitrogen and oxygen atoms in total. The van der Waals surface area contributed by atoms with Crippen LogP contribution < -0.4 is 10.1 Å². The van der Waals surface area contributed by atoms with E-state index in [1.807, 2.05) is 16.7 Å². The minimum Gasteiger partial charge on any atom is -0.492 e. The molecule has 1 saturated carbocycles. The molecule has 1 aliphatic carbocycles. The molecule has 3 aromatic rings. The van der Waals surface area contributed by atoms with Gasteiger partial charge in [0.05, 0.1) is 22.9 Å². The molecule has 9 heteroatoms. The van der Waals surface area contributed by atoms with Crippen LogP contribution in [0.3, 0.4) is 0 Å². The third-order valence-electron chi connectivity index (χ3n) is 7.91. The monoisotopic (exact) mass is 498 g/mol. The number of aromatic nitrogens is 2. The number of aliphatic hydroxyl groups is 1. The van der Waals surface area contributed by atoms with Crippen LogP contribution in [0.15, 0.2) is 36.7 Å². The van der Waals surface area contributed by atoms with Crippen molar-refractivity contribution in [3.05, 3.63) is 53.1 Å². The van der Waals surface area contributed by atoms with Crippen molar-refractivity contribution < 1.29 is 19.0 Å². The number of carbonyl (C=O) groups excluding carboxylic acids is 1. The fraction of sp³-hybridized carbons (Fsp3) is 0.462. The number of halogens is 2. The first-order valence-electron chi connectivity index (χ1n) is 12.1. The molecule has 2 fully saturated rings. The van der Waals surface area contributed by atoms with Crippen LogP contribution in [-0.2, 0) is 10.2 Å². The van der Waals surface area contributed by atoms with Gasteiger partial charge in [-0.1, -0.05) is 11.6 Å². The molecule has 0 atom stereocenters. The van der Waals surface area contributed by atoms with Gasteiger partial charge in [-0.2, -0.15) is 0 Å². The van der Waals surface area contributed by atoms with Gasteiger partial charge >= 0.3 is 0 Å². The van der Waals surface area contributed by atoms with Crippen molar-refractivity contribution in [2.45, 2.75) is 49.7 Å². The number of fused-ring (bicyclic) bond motifs is 3. The molecule has 2 N–H and O–H groups in total. The summed E-state index contributed by atoms with van der Waals surface area (Å²) in [5, 5.41) is 13.7. The molecule has 2 aromatic carbocycles. The zero-order valence-electron chi connectivity index (χ0n) is 19.6. The fourth-order valence-electron chi connectivity index (χ4n) is 5.94. The molecule has 1 aromatic heterocycles. The molecule has 3 aliphatic rings. The van der Waals surface area contributed by atoms with Gasteiger partial charge in [-0.25, -0.2) is 9.37 Å². The third-order valence-corrected chi connectivity index (χ3v) is 8.14. The van der Waals surface area contributed by atoms with Crippen molar-refractivity contribution in [1.82, 2.24) is 14.5 Å². The minimum absolute atomic E-state index is 0.0550. The van der Waals surface area contributed by atoms with Crippen LogP contribution in [0.5, 0.6) is 5.75 Å². The number of nitrogens with one attached hydrogen (secondary N) is 1. The Morgan fingerprint density at radius 2 is 2.03 bits per heavy atom. The van der Waals surface area contributed by atoms with Crippen LogP contribution in [0.1, 0.15) is 44.2 Å². The third kappa shape index (κ3) is 3.88. The number of imidazole rings is 1. The lowest BCUT2D eigenvalue weighted by Crippen LogP contribution is -2.47. The van der Waals surface area contributed by atoms with Crippen LogP contribution in [0.2, 0.25) is 5.02 Å². The lowest BCUT2D eigenvalue weighted by molar-refractivity contribution is -0.122. The molecule has 6 rings (SSSR count). The number of rotatable bonds is 5. The summed E-state index contributed by atoms with van der Waals surface area (Å²) in [6.45, 7) is 4.44. The Labute approximate surface area is 207 Å². The van der Waals surface area contributed by atoms with Gasteiger partial charge in [0.15, 0.2) is 5.82 Å². The van der Waals surface area contributed by atoms with Crippen molar-refractivity contribution >= 4 is 34.2 Å². The average molecular weight is 499 g/mol. The molecule has 0 radical (unpaired) electrons. The predicted octanol–water partition coefficient (Wildman–Crippen LogP) is 4.28. The van der Waals surface area contributed by atoms with Gasteiger partial charge in [-0.05, 0) is 69.5 Å². The maximum atomic E-state index is 14.9. The molecule has 0 unspecified atom stereocenters. The van der Waals surface area contributed by atoms with Gasteiger partial charge in [0.2, 0.25) is 5.91 Å². The maximum absolute atomic E-state index is 14.9. The van der Waals surface area contributed by atoms with Crippen molar-refractivity contribution in [3.8, 4) is 5.75 Å². The Kier molecular flexibility index (Phi) is 5.32. The summed E-state index contributed by atoms with van der Waals surface area (Å²) in [6.07, 6.45) is 4.27. The van der Waals surface area contributed by atoms with E-state index in [4.69, 9.17) is 16.3 Å². The number of hydrogen-bond acceptors (Lipinski definition) is 5. The van der Waals surface area contributed by atoms with E-state index >= 15 is 0 Å². The first-order chi connectivity index (χ1) is 16.7. The Morgan fingerprint density at radius 3 is 2.77 bits per heavy atom. The summed E-state index contributed by atoms with van der Waals surface area (Å²) in [5.41, 5.74) is 1.66. The molecule has 184 valence electrons.